The first-order valence-electron chi connectivity index (χ1n) is 7.59. The van der Waals surface area contributed by atoms with Gasteiger partial charge >= 0.3 is 0 Å². The minimum Gasteiger partial charge on any atom is -0.471 e. The highest BCUT2D eigenvalue weighted by molar-refractivity contribution is 7.80. The predicted molar refractivity (Wildman–Crippen MR) is 89.7 cm³/mol. The number of rotatable bonds is 5. The molecule has 0 bridgehead atoms. The molecule has 1 heterocycles. The van der Waals surface area contributed by atoms with E-state index < -0.39 is 43.4 Å². The highest BCUT2D eigenvalue weighted by atomic mass is 32.1. The molecule has 1 saturated heterocycles. The molecule has 8 heteroatoms. The SMILES string of the molecule is C/C=C/C(Oc1ccc(S)cc1)N1C(O)[C@H](O)[C@@H](O)[C@H](O)[C@H]1CO. The van der Waals surface area contributed by atoms with Crippen molar-refractivity contribution in [3.63, 3.8) is 0 Å². The average molecular weight is 357 g/mol. The Morgan fingerprint density at radius 1 is 1.12 bits per heavy atom. The van der Waals surface area contributed by atoms with Gasteiger partial charge in [-0.15, -0.1) is 12.6 Å². The summed E-state index contributed by atoms with van der Waals surface area (Å²) in [5.41, 5.74) is 0. The van der Waals surface area contributed by atoms with E-state index in [-0.39, 0.29) is 0 Å². The molecular formula is C16H23NO6S. The number of thiol groups is 1. The summed E-state index contributed by atoms with van der Waals surface area (Å²) in [6.07, 6.45) is -3.71. The minimum atomic E-state index is -1.60. The van der Waals surface area contributed by atoms with E-state index in [1.54, 1.807) is 43.3 Å². The van der Waals surface area contributed by atoms with Gasteiger partial charge in [0, 0.05) is 4.90 Å². The number of likely N-dealkylation sites (tertiary alicyclic amines) is 1. The predicted octanol–water partition coefficient (Wildman–Crippen LogP) is -0.666. The van der Waals surface area contributed by atoms with E-state index in [4.69, 9.17) is 4.74 Å². The van der Waals surface area contributed by atoms with E-state index in [1.807, 2.05) is 0 Å². The number of hydrogen-bond donors (Lipinski definition) is 6. The summed E-state index contributed by atoms with van der Waals surface area (Å²) in [7, 11) is 0. The molecule has 1 aliphatic rings. The molecule has 7 nitrogen and oxygen atoms in total. The van der Waals surface area contributed by atoms with Crippen molar-refractivity contribution in [1.82, 2.24) is 4.90 Å². The van der Waals surface area contributed by atoms with Crippen LogP contribution in [-0.2, 0) is 0 Å². The van der Waals surface area contributed by atoms with Crippen LogP contribution in [0.3, 0.4) is 0 Å². The van der Waals surface area contributed by atoms with Crippen LogP contribution >= 0.6 is 12.6 Å². The third kappa shape index (κ3) is 3.92. The van der Waals surface area contributed by atoms with E-state index in [2.05, 4.69) is 12.6 Å². The lowest BCUT2D eigenvalue weighted by Gasteiger charge is -2.48. The molecule has 6 atom stereocenters. The molecule has 1 aromatic carbocycles. The molecule has 1 aromatic rings. The van der Waals surface area contributed by atoms with E-state index in [0.29, 0.717) is 5.75 Å². The molecule has 5 N–H and O–H groups in total. The highest BCUT2D eigenvalue weighted by Crippen LogP contribution is 2.28. The van der Waals surface area contributed by atoms with E-state index in [1.165, 1.54) is 4.90 Å². The van der Waals surface area contributed by atoms with Crippen LogP contribution in [0.15, 0.2) is 41.3 Å². The number of aliphatic hydroxyl groups excluding tert-OH is 5. The lowest BCUT2D eigenvalue weighted by molar-refractivity contribution is -0.245. The Hall–Kier alpha value is -1.13. The zero-order chi connectivity index (χ0) is 17.9. The Kier molecular flexibility index (Phi) is 6.64. The van der Waals surface area contributed by atoms with Crippen molar-refractivity contribution in [2.45, 2.75) is 48.6 Å². The second-order valence-corrected chi connectivity index (χ2v) is 6.13. The van der Waals surface area contributed by atoms with E-state index >= 15 is 0 Å². The van der Waals surface area contributed by atoms with Gasteiger partial charge in [0.15, 0.2) is 6.23 Å². The van der Waals surface area contributed by atoms with Crippen LogP contribution in [-0.4, -0.2) is 73.8 Å². The summed E-state index contributed by atoms with van der Waals surface area (Å²) < 4.78 is 5.81. The Bertz CT molecular complexity index is 554. The van der Waals surface area contributed by atoms with Crippen molar-refractivity contribution in [2.75, 3.05) is 6.61 Å². The van der Waals surface area contributed by atoms with Gasteiger partial charge in [0.2, 0.25) is 0 Å². The quantitative estimate of drug-likeness (QED) is 0.306. The second kappa shape index (κ2) is 8.30. The number of aliphatic hydroxyl groups is 5. The maximum Gasteiger partial charge on any atom is 0.174 e. The third-order valence-corrected chi connectivity index (χ3v) is 4.32. The lowest BCUT2D eigenvalue weighted by atomic mass is 9.92. The molecule has 0 radical (unpaired) electrons. The molecule has 0 saturated carbocycles. The summed E-state index contributed by atoms with van der Waals surface area (Å²) in [5, 5.41) is 49.7. The van der Waals surface area contributed by atoms with Crippen molar-refractivity contribution in [1.29, 1.82) is 0 Å². The van der Waals surface area contributed by atoms with Crippen LogP contribution < -0.4 is 4.74 Å². The molecule has 2 unspecified atom stereocenters. The first kappa shape index (κ1) is 19.2. The van der Waals surface area contributed by atoms with Crippen molar-refractivity contribution < 1.29 is 30.3 Å². The van der Waals surface area contributed by atoms with Crippen LogP contribution in [0, 0.1) is 0 Å². The van der Waals surface area contributed by atoms with Crippen LogP contribution in [0.4, 0.5) is 0 Å². The number of allylic oxidation sites excluding steroid dienone is 1. The number of piperidine rings is 1. The maximum absolute atomic E-state index is 10.3. The van der Waals surface area contributed by atoms with Crippen molar-refractivity contribution in [3.8, 4) is 5.75 Å². The molecular weight excluding hydrogens is 334 g/mol. The standard InChI is InChI=1S/C16H23NO6S/c1-2-3-12(23-9-4-6-10(24)7-5-9)17-11(8-18)13(19)14(20)15(21)16(17)22/h2-7,11-16,18-22,24H,8H2,1H3/b3-2+/t11-,12?,13-,14+,15-,16?/m1/s1. The number of nitrogens with zero attached hydrogens (tertiary/aromatic N) is 1. The van der Waals surface area contributed by atoms with Crippen molar-refractivity contribution >= 4 is 12.6 Å². The maximum atomic E-state index is 10.3. The smallest absolute Gasteiger partial charge is 0.174 e. The van der Waals surface area contributed by atoms with Crippen LogP contribution in [0.2, 0.25) is 0 Å². The fourth-order valence-electron chi connectivity index (χ4n) is 2.72. The summed E-state index contributed by atoms with van der Waals surface area (Å²) in [4.78, 5) is 1.99. The molecule has 0 aromatic heterocycles. The van der Waals surface area contributed by atoms with Crippen LogP contribution in [0.1, 0.15) is 6.92 Å². The van der Waals surface area contributed by atoms with Crippen molar-refractivity contribution in [3.05, 3.63) is 36.4 Å². The highest BCUT2D eigenvalue weighted by Gasteiger charge is 2.49. The van der Waals surface area contributed by atoms with Gasteiger partial charge in [0.1, 0.15) is 30.3 Å². The molecule has 0 amide bonds. The Morgan fingerprint density at radius 3 is 2.29 bits per heavy atom. The summed E-state index contributed by atoms with van der Waals surface area (Å²) in [5.74, 6) is 0.481. The molecule has 0 spiro atoms. The van der Waals surface area contributed by atoms with Crippen molar-refractivity contribution in [2.24, 2.45) is 0 Å². The fraction of sp³-hybridized carbons (Fsp3) is 0.500. The Balaban J connectivity index is 2.31. The number of benzene rings is 1. The summed E-state index contributed by atoms with van der Waals surface area (Å²) >= 11 is 4.20. The first-order chi connectivity index (χ1) is 11.4. The van der Waals surface area contributed by atoms with Gasteiger partial charge in [-0.2, -0.15) is 0 Å². The molecule has 2 rings (SSSR count). The average Bonchev–Trinajstić information content (AvgIpc) is 2.57. The molecule has 1 aliphatic heterocycles. The molecule has 0 aliphatic carbocycles. The normalized spacial score (nSPS) is 32.9. The second-order valence-electron chi connectivity index (χ2n) is 5.61. The van der Waals surface area contributed by atoms with Gasteiger partial charge in [-0.05, 0) is 37.3 Å². The van der Waals surface area contributed by atoms with Gasteiger partial charge in [-0.1, -0.05) is 6.08 Å². The summed E-state index contributed by atoms with van der Waals surface area (Å²) in [6.45, 7) is 1.22. The minimum absolute atomic E-state index is 0.481. The number of hydrogen-bond acceptors (Lipinski definition) is 8. The summed E-state index contributed by atoms with van der Waals surface area (Å²) in [6, 6.07) is 5.82. The van der Waals surface area contributed by atoms with Gasteiger partial charge < -0.3 is 30.3 Å². The lowest BCUT2D eigenvalue weighted by Crippen LogP contribution is -2.70. The largest absolute Gasteiger partial charge is 0.471 e. The van der Waals surface area contributed by atoms with Gasteiger partial charge in [-0.25, -0.2) is 4.90 Å². The third-order valence-electron chi connectivity index (χ3n) is 4.02. The number of ether oxygens (including phenoxy) is 1. The monoisotopic (exact) mass is 357 g/mol. The zero-order valence-corrected chi connectivity index (χ0v) is 14.1. The van der Waals surface area contributed by atoms with Gasteiger partial charge in [0.05, 0.1) is 12.6 Å². The van der Waals surface area contributed by atoms with Crippen LogP contribution in [0.25, 0.3) is 0 Å². The topological polar surface area (TPSA) is 114 Å². The van der Waals surface area contributed by atoms with E-state index in [0.717, 1.165) is 4.90 Å². The fourth-order valence-corrected chi connectivity index (χ4v) is 2.87. The van der Waals surface area contributed by atoms with E-state index in [9.17, 15) is 25.5 Å². The molecule has 24 heavy (non-hydrogen) atoms. The molecule has 134 valence electrons. The van der Waals surface area contributed by atoms with Gasteiger partial charge in [0.25, 0.3) is 0 Å². The first-order valence-corrected chi connectivity index (χ1v) is 8.04. The Morgan fingerprint density at radius 2 is 1.75 bits per heavy atom. The van der Waals surface area contributed by atoms with Crippen LogP contribution in [0.5, 0.6) is 5.75 Å². The van der Waals surface area contributed by atoms with Gasteiger partial charge in [-0.3, -0.25) is 0 Å². The Labute approximate surface area is 145 Å². The molecule has 1 fully saturated rings. The zero-order valence-electron chi connectivity index (χ0n) is 13.2.